The molecule has 7 nitrogen and oxygen atoms in total. The van der Waals surface area contributed by atoms with E-state index in [9.17, 15) is 19.8 Å². The summed E-state index contributed by atoms with van der Waals surface area (Å²) in [5.41, 5.74) is 0.494. The number of aryl methyl sites for hydroxylation is 1. The maximum Gasteiger partial charge on any atom is 0.309 e. The third kappa shape index (κ3) is 6.53. The van der Waals surface area contributed by atoms with Crippen molar-refractivity contribution < 1.29 is 29.3 Å². The van der Waals surface area contributed by atoms with Crippen molar-refractivity contribution in [3.05, 3.63) is 21.7 Å². The van der Waals surface area contributed by atoms with Crippen LogP contribution in [0.2, 0.25) is 0 Å². The minimum absolute atomic E-state index is 0.00770. The van der Waals surface area contributed by atoms with Crippen LogP contribution in [0.4, 0.5) is 0 Å². The van der Waals surface area contributed by atoms with Gasteiger partial charge in [-0.25, -0.2) is 4.98 Å². The summed E-state index contributed by atoms with van der Waals surface area (Å²) in [5, 5.41) is 24.5. The van der Waals surface area contributed by atoms with E-state index in [2.05, 4.69) is 4.98 Å². The summed E-state index contributed by atoms with van der Waals surface area (Å²) in [6.45, 7) is 10.8. The number of ketones is 1. The van der Waals surface area contributed by atoms with Crippen molar-refractivity contribution in [2.45, 2.75) is 104 Å². The Bertz CT molecular complexity index is 909. The SMILES string of the molecule is C/C(=C\c1csc(C)n1)[C@@H]1C[C@H]2O[C@H]2CCC[C@H](C)C(O)[C@@H](C)C(=O)C(C)(C)[C@@H](O)CC(=O)O1. The molecule has 8 heteroatoms. The number of epoxide rings is 1. The molecule has 0 aromatic carbocycles. The molecule has 190 valence electrons. The molecule has 1 aromatic rings. The molecule has 0 amide bonds. The van der Waals surface area contributed by atoms with E-state index < -0.39 is 35.6 Å². The van der Waals surface area contributed by atoms with Gasteiger partial charge in [0.05, 0.1) is 47.0 Å². The first-order valence-corrected chi connectivity index (χ1v) is 13.1. The average Bonchev–Trinajstić information content (AvgIpc) is 3.38. The number of aliphatic hydroxyl groups is 2. The highest BCUT2D eigenvalue weighted by molar-refractivity contribution is 7.09. The highest BCUT2D eigenvalue weighted by atomic mass is 32.1. The highest BCUT2D eigenvalue weighted by Crippen LogP contribution is 2.36. The van der Waals surface area contributed by atoms with Crippen molar-refractivity contribution in [1.29, 1.82) is 0 Å². The number of hydrogen-bond donors (Lipinski definition) is 2. The molecule has 1 aromatic heterocycles. The lowest BCUT2D eigenvalue weighted by molar-refractivity contribution is -0.154. The Labute approximate surface area is 206 Å². The van der Waals surface area contributed by atoms with Crippen LogP contribution < -0.4 is 0 Å². The Morgan fingerprint density at radius 2 is 1.91 bits per heavy atom. The number of nitrogens with zero attached hydrogens (tertiary/aromatic N) is 1. The summed E-state index contributed by atoms with van der Waals surface area (Å²) in [6, 6.07) is 0. The number of ether oxygens (including phenoxy) is 2. The lowest BCUT2D eigenvalue weighted by Gasteiger charge is -2.34. The van der Waals surface area contributed by atoms with Crippen molar-refractivity contribution in [3.8, 4) is 0 Å². The monoisotopic (exact) mass is 493 g/mol. The van der Waals surface area contributed by atoms with E-state index in [-0.39, 0.29) is 30.3 Å². The summed E-state index contributed by atoms with van der Waals surface area (Å²) >= 11 is 1.56. The lowest BCUT2D eigenvalue weighted by atomic mass is 9.73. The highest BCUT2D eigenvalue weighted by Gasteiger charge is 2.44. The number of Topliss-reactive ketones (excluding diaryl/α,β-unsaturated/α-hetero) is 1. The molecular weight excluding hydrogens is 454 g/mol. The van der Waals surface area contributed by atoms with Crippen LogP contribution in [0.5, 0.6) is 0 Å². The summed E-state index contributed by atoms with van der Waals surface area (Å²) in [7, 11) is 0. The molecule has 0 spiro atoms. The van der Waals surface area contributed by atoms with Gasteiger partial charge in [0.2, 0.25) is 0 Å². The summed E-state index contributed by atoms with van der Waals surface area (Å²) in [4.78, 5) is 30.5. The van der Waals surface area contributed by atoms with E-state index in [0.717, 1.165) is 35.5 Å². The van der Waals surface area contributed by atoms with Crippen molar-refractivity contribution in [1.82, 2.24) is 4.98 Å². The van der Waals surface area contributed by atoms with Gasteiger partial charge >= 0.3 is 5.97 Å². The van der Waals surface area contributed by atoms with Gasteiger partial charge in [-0.05, 0) is 44.3 Å². The van der Waals surface area contributed by atoms with Crippen LogP contribution in [0.3, 0.4) is 0 Å². The molecule has 2 aliphatic heterocycles. The molecular formula is C26H39NO6S. The molecule has 3 heterocycles. The fourth-order valence-electron chi connectivity index (χ4n) is 4.78. The smallest absolute Gasteiger partial charge is 0.309 e. The molecule has 3 rings (SSSR count). The van der Waals surface area contributed by atoms with E-state index in [1.165, 1.54) is 0 Å². The molecule has 2 N–H and O–H groups in total. The van der Waals surface area contributed by atoms with Crippen molar-refractivity contribution >= 4 is 29.2 Å². The summed E-state index contributed by atoms with van der Waals surface area (Å²) in [5.74, 6) is -1.52. The third-order valence-corrected chi connectivity index (χ3v) is 8.20. The number of fused-ring (bicyclic) bond motifs is 1. The first-order valence-electron chi connectivity index (χ1n) is 12.3. The van der Waals surface area contributed by atoms with Gasteiger partial charge in [-0.15, -0.1) is 11.3 Å². The predicted molar refractivity (Wildman–Crippen MR) is 131 cm³/mol. The van der Waals surface area contributed by atoms with Crippen molar-refractivity contribution in [3.63, 3.8) is 0 Å². The van der Waals surface area contributed by atoms with Gasteiger partial charge in [0.25, 0.3) is 0 Å². The minimum Gasteiger partial charge on any atom is -0.458 e. The molecule has 0 saturated carbocycles. The van der Waals surface area contributed by atoms with Crippen LogP contribution in [-0.4, -0.2) is 57.5 Å². The van der Waals surface area contributed by atoms with Crippen LogP contribution in [0.25, 0.3) is 6.08 Å². The van der Waals surface area contributed by atoms with Crippen LogP contribution in [0.15, 0.2) is 11.0 Å². The van der Waals surface area contributed by atoms with E-state index in [0.29, 0.717) is 6.42 Å². The van der Waals surface area contributed by atoms with Gasteiger partial charge in [-0.3, -0.25) is 9.59 Å². The maximum atomic E-state index is 13.2. The molecule has 0 radical (unpaired) electrons. The Kier molecular flexibility index (Phi) is 8.71. The van der Waals surface area contributed by atoms with Crippen molar-refractivity contribution in [2.24, 2.45) is 17.3 Å². The number of carbonyl (C=O) groups is 2. The zero-order chi connectivity index (χ0) is 25.2. The summed E-state index contributed by atoms with van der Waals surface area (Å²) in [6.07, 6.45) is 2.28. The number of aliphatic hydroxyl groups excluding tert-OH is 2. The Morgan fingerprint density at radius 1 is 1.21 bits per heavy atom. The van der Waals surface area contributed by atoms with Gasteiger partial charge in [-0.1, -0.05) is 34.1 Å². The zero-order valence-electron chi connectivity index (χ0n) is 21.1. The second kappa shape index (κ2) is 11.0. The van der Waals surface area contributed by atoms with Crippen molar-refractivity contribution in [2.75, 3.05) is 0 Å². The Balaban J connectivity index is 1.81. The van der Waals surface area contributed by atoms with Crippen LogP contribution in [0, 0.1) is 24.2 Å². The second-order valence-corrected chi connectivity index (χ2v) is 11.7. The van der Waals surface area contributed by atoms with Crippen LogP contribution >= 0.6 is 11.3 Å². The van der Waals surface area contributed by atoms with Gasteiger partial charge in [-0.2, -0.15) is 0 Å². The molecule has 2 saturated heterocycles. The first-order chi connectivity index (χ1) is 15.9. The topological polar surface area (TPSA) is 109 Å². The molecule has 7 atom stereocenters. The van der Waals surface area contributed by atoms with E-state index >= 15 is 0 Å². The zero-order valence-corrected chi connectivity index (χ0v) is 21.9. The number of hydrogen-bond acceptors (Lipinski definition) is 8. The fraction of sp³-hybridized carbons (Fsp3) is 0.731. The number of thiazole rings is 1. The van der Waals surface area contributed by atoms with Gasteiger partial charge in [0, 0.05) is 17.7 Å². The fourth-order valence-corrected chi connectivity index (χ4v) is 5.35. The summed E-state index contributed by atoms with van der Waals surface area (Å²) < 4.78 is 11.7. The molecule has 34 heavy (non-hydrogen) atoms. The molecule has 1 unspecified atom stereocenters. The average molecular weight is 494 g/mol. The number of rotatable bonds is 2. The quantitative estimate of drug-likeness (QED) is 0.472. The molecule has 0 bridgehead atoms. The normalized spacial score (nSPS) is 36.0. The van der Waals surface area contributed by atoms with Crippen LogP contribution in [-0.2, 0) is 19.1 Å². The first kappa shape index (κ1) is 27.0. The maximum absolute atomic E-state index is 13.2. The molecule has 0 aliphatic carbocycles. The van der Waals surface area contributed by atoms with E-state index in [4.69, 9.17) is 9.47 Å². The molecule has 2 aliphatic rings. The Hall–Kier alpha value is -1.61. The van der Waals surface area contributed by atoms with E-state index in [1.54, 1.807) is 32.1 Å². The number of carbonyl (C=O) groups excluding carboxylic acids is 2. The lowest BCUT2D eigenvalue weighted by Crippen LogP contribution is -2.45. The number of aromatic nitrogens is 1. The predicted octanol–water partition coefficient (Wildman–Crippen LogP) is 4.09. The van der Waals surface area contributed by atoms with Gasteiger partial charge < -0.3 is 19.7 Å². The largest absolute Gasteiger partial charge is 0.458 e. The van der Waals surface area contributed by atoms with Gasteiger partial charge in [0.1, 0.15) is 11.9 Å². The minimum atomic E-state index is -1.22. The Morgan fingerprint density at radius 3 is 2.56 bits per heavy atom. The third-order valence-electron chi connectivity index (χ3n) is 7.41. The number of esters is 1. The standard InChI is InChI=1S/C26H39NO6S/c1-14-8-7-9-19-21(32-19)11-20(15(2)10-18-13-34-17(4)27-18)33-23(29)12-22(28)26(5,6)25(31)16(3)24(14)30/h10,13-14,16,19-22,24,28,30H,7-9,11-12H2,1-6H3/b15-10+/t14-,16+,19-,20-,21+,22-,24?/m0/s1. The molecule has 2 fully saturated rings. The van der Waals surface area contributed by atoms with Gasteiger partial charge in [0.15, 0.2) is 0 Å². The number of cyclic esters (lactones) is 1. The van der Waals surface area contributed by atoms with E-state index in [1.807, 2.05) is 32.2 Å². The van der Waals surface area contributed by atoms with Crippen LogP contribution in [0.1, 0.15) is 77.4 Å². The second-order valence-electron chi connectivity index (χ2n) is 10.6.